The minimum atomic E-state index is -1.45. The van der Waals surface area contributed by atoms with E-state index in [0.29, 0.717) is 49.0 Å². The van der Waals surface area contributed by atoms with Gasteiger partial charge in [-0.05, 0) is 62.8 Å². The van der Waals surface area contributed by atoms with Crippen molar-refractivity contribution in [1.82, 2.24) is 4.90 Å². The van der Waals surface area contributed by atoms with E-state index in [-0.39, 0.29) is 17.8 Å². The number of nitrogens with zero attached hydrogens (tertiary/aromatic N) is 1. The fourth-order valence-corrected chi connectivity index (χ4v) is 4.28. The van der Waals surface area contributed by atoms with Crippen molar-refractivity contribution in [2.45, 2.75) is 58.2 Å². The molecule has 0 radical (unpaired) electrons. The quantitative estimate of drug-likeness (QED) is 0.640. The molecule has 1 fully saturated rings. The number of hydrogen-bond acceptors (Lipinski definition) is 4. The fourth-order valence-electron chi connectivity index (χ4n) is 4.28. The van der Waals surface area contributed by atoms with Crippen LogP contribution in [0.2, 0.25) is 0 Å². The molecule has 0 aromatic heterocycles. The molecule has 1 heterocycles. The van der Waals surface area contributed by atoms with E-state index in [9.17, 15) is 19.1 Å². The number of ether oxygens (including phenoxy) is 1. The molecule has 2 aromatic carbocycles. The topological polar surface area (TPSA) is 66.8 Å². The molecule has 0 aliphatic carbocycles. The molecule has 6 heteroatoms. The Balaban J connectivity index is 1.90. The van der Waals surface area contributed by atoms with Gasteiger partial charge in [0.05, 0.1) is 0 Å². The minimum absolute atomic E-state index is 0.0246. The zero-order valence-electron chi connectivity index (χ0n) is 19.2. The second kappa shape index (κ2) is 9.41. The van der Waals surface area contributed by atoms with Crippen LogP contribution in [0.15, 0.2) is 48.5 Å². The van der Waals surface area contributed by atoms with Crippen LogP contribution in [0.4, 0.5) is 9.18 Å². The SMILES string of the molecule is CCC(=O)c1ccc(C(O)(c2cccc(F)c2)C2CCN(C(=O)OC(C)(C)C)CC2)cc1. The lowest BCUT2D eigenvalue weighted by molar-refractivity contribution is -0.0239. The van der Waals surface area contributed by atoms with Gasteiger partial charge in [0.15, 0.2) is 5.78 Å². The first-order valence-corrected chi connectivity index (χ1v) is 11.1. The average molecular weight is 442 g/mol. The summed E-state index contributed by atoms with van der Waals surface area (Å²) in [5.41, 5.74) is -0.379. The molecule has 172 valence electrons. The average Bonchev–Trinajstić information content (AvgIpc) is 2.77. The van der Waals surface area contributed by atoms with Gasteiger partial charge in [0.25, 0.3) is 0 Å². The lowest BCUT2D eigenvalue weighted by Crippen LogP contribution is -2.47. The summed E-state index contributed by atoms with van der Waals surface area (Å²) in [6, 6.07) is 12.9. The third-order valence-corrected chi connectivity index (χ3v) is 5.97. The van der Waals surface area contributed by atoms with E-state index in [0.717, 1.165) is 0 Å². The van der Waals surface area contributed by atoms with E-state index in [2.05, 4.69) is 0 Å². The van der Waals surface area contributed by atoms with Gasteiger partial charge in [-0.1, -0.05) is 43.3 Å². The maximum atomic E-state index is 14.1. The second-order valence-corrected chi connectivity index (χ2v) is 9.37. The van der Waals surface area contributed by atoms with Gasteiger partial charge in [0, 0.05) is 25.1 Å². The molecule has 1 N–H and O–H groups in total. The number of rotatable bonds is 5. The highest BCUT2D eigenvalue weighted by Gasteiger charge is 2.43. The van der Waals surface area contributed by atoms with Crippen LogP contribution in [0, 0.1) is 11.7 Å². The summed E-state index contributed by atoms with van der Waals surface area (Å²) in [7, 11) is 0. The number of hydrogen-bond donors (Lipinski definition) is 1. The van der Waals surface area contributed by atoms with Crippen molar-refractivity contribution in [1.29, 1.82) is 0 Å². The van der Waals surface area contributed by atoms with E-state index in [1.807, 2.05) is 20.8 Å². The minimum Gasteiger partial charge on any atom is -0.444 e. The van der Waals surface area contributed by atoms with E-state index >= 15 is 0 Å². The Bertz CT molecular complexity index is 959. The number of Topliss-reactive ketones (excluding diaryl/α,β-unsaturated/α-hetero) is 1. The molecule has 2 aromatic rings. The van der Waals surface area contributed by atoms with Gasteiger partial charge in [0.2, 0.25) is 0 Å². The first kappa shape index (κ1) is 23.9. The van der Waals surface area contributed by atoms with Crippen LogP contribution < -0.4 is 0 Å². The number of aliphatic hydroxyl groups is 1. The lowest BCUT2D eigenvalue weighted by atomic mass is 9.72. The first-order chi connectivity index (χ1) is 15.0. The van der Waals surface area contributed by atoms with Crippen LogP contribution >= 0.6 is 0 Å². The summed E-state index contributed by atoms with van der Waals surface area (Å²) in [5, 5.41) is 12.0. The molecular formula is C26H32FNO4. The molecule has 1 unspecified atom stereocenters. The van der Waals surface area contributed by atoms with Crippen LogP contribution in [-0.2, 0) is 10.3 Å². The predicted octanol–water partition coefficient (Wildman–Crippen LogP) is 5.30. The number of halogens is 1. The number of likely N-dealkylation sites (tertiary alicyclic amines) is 1. The van der Waals surface area contributed by atoms with Gasteiger partial charge in [-0.2, -0.15) is 0 Å². The highest BCUT2D eigenvalue weighted by atomic mass is 19.1. The van der Waals surface area contributed by atoms with Crippen LogP contribution in [0.3, 0.4) is 0 Å². The van der Waals surface area contributed by atoms with E-state index in [4.69, 9.17) is 4.74 Å². The Hall–Kier alpha value is -2.73. The number of carbonyl (C=O) groups is 2. The van der Waals surface area contributed by atoms with Crippen molar-refractivity contribution in [3.8, 4) is 0 Å². The summed E-state index contributed by atoms with van der Waals surface area (Å²) in [6.45, 7) is 8.15. The Morgan fingerprint density at radius 2 is 1.69 bits per heavy atom. The number of piperidine rings is 1. The molecule has 32 heavy (non-hydrogen) atoms. The van der Waals surface area contributed by atoms with Crippen molar-refractivity contribution >= 4 is 11.9 Å². The monoisotopic (exact) mass is 441 g/mol. The highest BCUT2D eigenvalue weighted by molar-refractivity contribution is 5.95. The Labute approximate surface area is 189 Å². The zero-order valence-corrected chi connectivity index (χ0v) is 19.2. The van der Waals surface area contributed by atoms with Gasteiger partial charge >= 0.3 is 6.09 Å². The summed E-state index contributed by atoms with van der Waals surface area (Å²) < 4.78 is 19.6. The number of ketones is 1. The van der Waals surface area contributed by atoms with Gasteiger partial charge in [-0.25, -0.2) is 9.18 Å². The maximum absolute atomic E-state index is 14.1. The summed E-state index contributed by atoms with van der Waals surface area (Å²) in [5.74, 6) is -0.642. The molecular weight excluding hydrogens is 409 g/mol. The first-order valence-electron chi connectivity index (χ1n) is 11.1. The third-order valence-electron chi connectivity index (χ3n) is 5.97. The molecule has 0 saturated carbocycles. The largest absolute Gasteiger partial charge is 0.444 e. The highest BCUT2D eigenvalue weighted by Crippen LogP contribution is 2.42. The van der Waals surface area contributed by atoms with E-state index in [1.165, 1.54) is 12.1 Å². The Morgan fingerprint density at radius 1 is 1.06 bits per heavy atom. The van der Waals surface area contributed by atoms with Gasteiger partial charge in [0.1, 0.15) is 17.0 Å². The standard InChI is InChI=1S/C26H32FNO4/c1-5-23(29)18-9-11-19(12-10-18)26(31,21-7-6-8-22(27)17-21)20-13-15-28(16-14-20)24(30)32-25(2,3)4/h6-12,17,20,31H,5,13-16H2,1-4H3. The van der Waals surface area contributed by atoms with Crippen molar-refractivity contribution in [3.05, 3.63) is 71.0 Å². The van der Waals surface area contributed by atoms with Crippen molar-refractivity contribution < 1.29 is 23.8 Å². The molecule has 0 bridgehead atoms. The van der Waals surface area contributed by atoms with Crippen molar-refractivity contribution in [2.75, 3.05) is 13.1 Å². The lowest BCUT2D eigenvalue weighted by Gasteiger charge is -2.42. The smallest absolute Gasteiger partial charge is 0.410 e. The van der Waals surface area contributed by atoms with Crippen LogP contribution in [0.1, 0.15) is 68.4 Å². The maximum Gasteiger partial charge on any atom is 0.410 e. The third kappa shape index (κ3) is 5.18. The van der Waals surface area contributed by atoms with Gasteiger partial charge in [-0.3, -0.25) is 4.79 Å². The Morgan fingerprint density at radius 3 is 2.22 bits per heavy atom. The van der Waals surface area contributed by atoms with Gasteiger partial charge < -0.3 is 14.7 Å². The van der Waals surface area contributed by atoms with E-state index in [1.54, 1.807) is 48.2 Å². The summed E-state index contributed by atoms with van der Waals surface area (Å²) in [6.07, 6.45) is 1.09. The number of carbonyl (C=O) groups excluding carboxylic acids is 2. The number of amides is 1. The van der Waals surface area contributed by atoms with E-state index < -0.39 is 17.0 Å². The second-order valence-electron chi connectivity index (χ2n) is 9.37. The molecule has 1 saturated heterocycles. The fraction of sp³-hybridized carbons (Fsp3) is 0.462. The van der Waals surface area contributed by atoms with Crippen LogP contribution in [0.5, 0.6) is 0 Å². The molecule has 1 aliphatic heterocycles. The van der Waals surface area contributed by atoms with Crippen molar-refractivity contribution in [2.24, 2.45) is 5.92 Å². The Kier molecular flexibility index (Phi) is 7.03. The van der Waals surface area contributed by atoms with Gasteiger partial charge in [-0.15, -0.1) is 0 Å². The zero-order chi connectivity index (χ0) is 23.5. The molecule has 1 aliphatic rings. The molecule has 1 amide bonds. The molecule has 1 atom stereocenters. The van der Waals surface area contributed by atoms with Crippen LogP contribution in [-0.4, -0.2) is 40.6 Å². The summed E-state index contributed by atoms with van der Waals surface area (Å²) in [4.78, 5) is 26.1. The normalized spacial score (nSPS) is 17.0. The molecule has 5 nitrogen and oxygen atoms in total. The number of benzene rings is 2. The molecule has 0 spiro atoms. The van der Waals surface area contributed by atoms with Crippen LogP contribution in [0.25, 0.3) is 0 Å². The summed E-state index contributed by atoms with van der Waals surface area (Å²) >= 11 is 0. The molecule has 3 rings (SSSR count). The predicted molar refractivity (Wildman–Crippen MR) is 121 cm³/mol. The van der Waals surface area contributed by atoms with Crippen molar-refractivity contribution in [3.63, 3.8) is 0 Å².